The molecular formula is C9H7N3O2S. The number of nitro benzene ring substituents is 1. The first kappa shape index (κ1) is 9.72. The molecule has 0 radical (unpaired) electrons. The molecule has 0 aliphatic carbocycles. The predicted octanol–water partition coefficient (Wildman–Crippen LogP) is 2.51. The van der Waals surface area contributed by atoms with Crippen LogP contribution in [0.15, 0.2) is 18.2 Å². The maximum Gasteiger partial charge on any atom is 0.271 e. The minimum atomic E-state index is -0.438. The van der Waals surface area contributed by atoms with Gasteiger partial charge in [-0.2, -0.15) is 0 Å². The normalized spacial score (nSPS) is 10.5. The van der Waals surface area contributed by atoms with Crippen molar-refractivity contribution in [1.82, 2.24) is 9.97 Å². The number of aromatic amines is 1. The number of hydrogen-bond acceptors (Lipinski definition) is 4. The highest BCUT2D eigenvalue weighted by Crippen LogP contribution is 2.19. The maximum absolute atomic E-state index is 10.6. The second-order valence-corrected chi connectivity index (χ2v) is 3.50. The van der Waals surface area contributed by atoms with Crippen LogP contribution in [0.2, 0.25) is 0 Å². The third kappa shape index (κ3) is 1.71. The number of fused-ring (bicyclic) bond motifs is 1. The van der Waals surface area contributed by atoms with Crippen LogP contribution in [0.1, 0.15) is 5.82 Å². The Balaban J connectivity index is 2.82. The van der Waals surface area contributed by atoms with Gasteiger partial charge in [-0.25, -0.2) is 4.98 Å². The largest absolute Gasteiger partial charge is 0.343 e. The molecule has 5 nitrogen and oxygen atoms in total. The van der Waals surface area contributed by atoms with Crippen LogP contribution in [0.5, 0.6) is 0 Å². The molecule has 0 bridgehead atoms. The zero-order valence-corrected chi connectivity index (χ0v) is 8.67. The average Bonchev–Trinajstić information content (AvgIpc) is 2.16. The minimum absolute atomic E-state index is 0.0405. The standard InChI is InChI=1S/C9H7N3O2S/c1-5-10-8-4-6(12(13)14)2-3-7(8)9(15)11-5/h2-4H,1H3,(H,10,11,15). The smallest absolute Gasteiger partial charge is 0.271 e. The van der Waals surface area contributed by atoms with E-state index in [1.54, 1.807) is 13.0 Å². The molecule has 1 aromatic heterocycles. The van der Waals surface area contributed by atoms with Crippen LogP contribution in [0, 0.1) is 21.7 Å². The second kappa shape index (κ2) is 3.39. The van der Waals surface area contributed by atoms with E-state index in [0.29, 0.717) is 16.0 Å². The van der Waals surface area contributed by atoms with Crippen LogP contribution in [-0.4, -0.2) is 14.9 Å². The number of nitrogens with one attached hydrogen (secondary N) is 1. The summed E-state index contributed by atoms with van der Waals surface area (Å²) in [4.78, 5) is 17.1. The van der Waals surface area contributed by atoms with E-state index < -0.39 is 4.92 Å². The second-order valence-electron chi connectivity index (χ2n) is 3.11. The zero-order chi connectivity index (χ0) is 11.0. The van der Waals surface area contributed by atoms with Crippen LogP contribution < -0.4 is 0 Å². The fourth-order valence-electron chi connectivity index (χ4n) is 1.37. The summed E-state index contributed by atoms with van der Waals surface area (Å²) in [5.74, 6) is 0.646. The summed E-state index contributed by atoms with van der Waals surface area (Å²) in [5.41, 5.74) is 0.681. The number of aromatic nitrogens is 2. The van der Waals surface area contributed by atoms with E-state index in [4.69, 9.17) is 12.2 Å². The lowest BCUT2D eigenvalue weighted by Gasteiger charge is -1.99. The van der Waals surface area contributed by atoms with Gasteiger partial charge in [-0.1, -0.05) is 12.2 Å². The number of nitro groups is 1. The van der Waals surface area contributed by atoms with Gasteiger partial charge in [0.1, 0.15) is 10.5 Å². The number of nitrogens with zero attached hydrogens (tertiary/aromatic N) is 2. The summed E-state index contributed by atoms with van der Waals surface area (Å²) in [6.07, 6.45) is 0. The first-order valence-corrected chi connectivity index (χ1v) is 4.64. The quantitative estimate of drug-likeness (QED) is 0.456. The molecule has 2 aromatic rings. The van der Waals surface area contributed by atoms with Gasteiger partial charge in [0.25, 0.3) is 5.69 Å². The molecule has 0 spiro atoms. The monoisotopic (exact) mass is 221 g/mol. The summed E-state index contributed by atoms with van der Waals surface area (Å²) in [6.45, 7) is 1.76. The van der Waals surface area contributed by atoms with Crippen molar-refractivity contribution in [2.24, 2.45) is 0 Å². The minimum Gasteiger partial charge on any atom is -0.343 e. The van der Waals surface area contributed by atoms with Gasteiger partial charge in [0, 0.05) is 17.5 Å². The van der Waals surface area contributed by atoms with E-state index in [-0.39, 0.29) is 5.69 Å². The van der Waals surface area contributed by atoms with E-state index in [1.807, 2.05) is 0 Å². The molecule has 0 saturated heterocycles. The lowest BCUT2D eigenvalue weighted by molar-refractivity contribution is -0.384. The molecule has 6 heteroatoms. The molecule has 2 rings (SSSR count). The van der Waals surface area contributed by atoms with Gasteiger partial charge in [-0.15, -0.1) is 0 Å². The van der Waals surface area contributed by atoms with Crippen molar-refractivity contribution in [3.63, 3.8) is 0 Å². The van der Waals surface area contributed by atoms with Gasteiger partial charge >= 0.3 is 0 Å². The predicted molar refractivity (Wildman–Crippen MR) is 58.3 cm³/mol. The van der Waals surface area contributed by atoms with Crippen molar-refractivity contribution in [3.05, 3.63) is 38.8 Å². The Morgan fingerprint density at radius 3 is 2.93 bits per heavy atom. The molecule has 1 N–H and O–H groups in total. The number of non-ortho nitro benzene ring substituents is 1. The highest BCUT2D eigenvalue weighted by Gasteiger charge is 2.07. The van der Waals surface area contributed by atoms with Gasteiger partial charge in [0.15, 0.2) is 0 Å². The summed E-state index contributed by atoms with van der Waals surface area (Å²) in [7, 11) is 0. The van der Waals surface area contributed by atoms with E-state index in [1.165, 1.54) is 12.1 Å². The summed E-state index contributed by atoms with van der Waals surface area (Å²) < 4.78 is 0.455. The Labute approximate surface area is 89.9 Å². The highest BCUT2D eigenvalue weighted by atomic mass is 32.1. The fourth-order valence-corrected chi connectivity index (χ4v) is 1.69. The molecule has 0 unspecified atom stereocenters. The topological polar surface area (TPSA) is 71.8 Å². The molecule has 0 amide bonds. The average molecular weight is 221 g/mol. The molecule has 1 heterocycles. The van der Waals surface area contributed by atoms with E-state index in [2.05, 4.69) is 9.97 Å². The van der Waals surface area contributed by atoms with Gasteiger partial charge in [-0.05, 0) is 13.0 Å². The molecular weight excluding hydrogens is 214 g/mol. The Morgan fingerprint density at radius 1 is 1.53 bits per heavy atom. The third-order valence-electron chi connectivity index (χ3n) is 2.03. The number of aryl methyl sites for hydroxylation is 1. The van der Waals surface area contributed by atoms with E-state index >= 15 is 0 Å². The molecule has 1 aromatic carbocycles. The molecule has 0 aliphatic heterocycles. The molecule has 0 fully saturated rings. The zero-order valence-electron chi connectivity index (χ0n) is 7.85. The highest BCUT2D eigenvalue weighted by molar-refractivity contribution is 7.71. The Hall–Kier alpha value is -1.82. The van der Waals surface area contributed by atoms with Gasteiger partial charge in [0.2, 0.25) is 0 Å². The molecule has 0 saturated carbocycles. The fraction of sp³-hybridized carbons (Fsp3) is 0.111. The summed E-state index contributed by atoms with van der Waals surface area (Å²) >= 11 is 5.05. The number of rotatable bonds is 1. The van der Waals surface area contributed by atoms with Crippen molar-refractivity contribution < 1.29 is 4.92 Å². The Bertz CT molecular complexity index is 606. The van der Waals surface area contributed by atoms with Crippen molar-refractivity contribution in [3.8, 4) is 0 Å². The number of benzene rings is 1. The van der Waals surface area contributed by atoms with Crippen molar-refractivity contribution >= 4 is 28.8 Å². The number of hydrogen-bond donors (Lipinski definition) is 1. The van der Waals surface area contributed by atoms with Crippen LogP contribution in [-0.2, 0) is 0 Å². The first-order chi connectivity index (χ1) is 7.08. The lowest BCUT2D eigenvalue weighted by Crippen LogP contribution is -1.92. The summed E-state index contributed by atoms with van der Waals surface area (Å²) in [6, 6.07) is 4.49. The van der Waals surface area contributed by atoms with Gasteiger partial charge < -0.3 is 4.98 Å². The summed E-state index contributed by atoms with van der Waals surface area (Å²) in [5, 5.41) is 11.3. The van der Waals surface area contributed by atoms with Crippen LogP contribution >= 0.6 is 12.2 Å². The van der Waals surface area contributed by atoms with Crippen molar-refractivity contribution in [1.29, 1.82) is 0 Å². The number of H-pyrrole nitrogens is 1. The SMILES string of the molecule is Cc1nc(=S)c2ccc([N+](=O)[O-])cc2[nH]1. The van der Waals surface area contributed by atoms with Crippen molar-refractivity contribution in [2.45, 2.75) is 6.92 Å². The van der Waals surface area contributed by atoms with E-state index in [0.717, 1.165) is 5.39 Å². The molecule has 76 valence electrons. The van der Waals surface area contributed by atoms with Gasteiger partial charge in [0.05, 0.1) is 10.4 Å². The maximum atomic E-state index is 10.6. The Kier molecular flexibility index (Phi) is 2.20. The van der Waals surface area contributed by atoms with Crippen LogP contribution in [0.3, 0.4) is 0 Å². The molecule has 0 aliphatic rings. The third-order valence-corrected chi connectivity index (χ3v) is 2.34. The lowest BCUT2D eigenvalue weighted by atomic mass is 10.2. The first-order valence-electron chi connectivity index (χ1n) is 4.23. The molecule has 15 heavy (non-hydrogen) atoms. The Morgan fingerprint density at radius 2 is 2.27 bits per heavy atom. The van der Waals surface area contributed by atoms with Crippen LogP contribution in [0.25, 0.3) is 10.9 Å². The van der Waals surface area contributed by atoms with Crippen molar-refractivity contribution in [2.75, 3.05) is 0 Å². The van der Waals surface area contributed by atoms with E-state index in [9.17, 15) is 10.1 Å². The van der Waals surface area contributed by atoms with Crippen LogP contribution in [0.4, 0.5) is 5.69 Å². The molecule has 0 atom stereocenters. The van der Waals surface area contributed by atoms with Gasteiger partial charge in [-0.3, -0.25) is 10.1 Å².